The summed E-state index contributed by atoms with van der Waals surface area (Å²) < 4.78 is 0. The first-order chi connectivity index (χ1) is 22.6. The Morgan fingerprint density at radius 3 is 1.66 bits per heavy atom. The van der Waals surface area contributed by atoms with Crippen LogP contribution >= 0.6 is 18.5 Å². The molecule has 2 N–H and O–H groups in total. The molecule has 2 nitrogen and oxygen atoms in total. The van der Waals surface area contributed by atoms with Crippen molar-refractivity contribution in [3.63, 3.8) is 0 Å². The normalized spacial score (nSPS) is 32.0. The number of benzene rings is 2. The Morgan fingerprint density at radius 1 is 0.723 bits per heavy atom. The molecule has 47 heavy (non-hydrogen) atoms. The molecular weight excluding hydrogens is 650 g/mol. The number of hydrogen-bond acceptors (Lipinski definition) is 2. The summed E-state index contributed by atoms with van der Waals surface area (Å²) in [5.41, 5.74) is 9.52. The number of hydrogen-bond donors (Lipinski definition) is 2. The van der Waals surface area contributed by atoms with E-state index < -0.39 is 0 Å². The van der Waals surface area contributed by atoms with Crippen LogP contribution < -0.4 is 10.6 Å². The molecule has 0 aromatic heterocycles. The van der Waals surface area contributed by atoms with Crippen molar-refractivity contribution in [3.05, 3.63) is 108 Å². The summed E-state index contributed by atoms with van der Waals surface area (Å²) in [7, 11) is 6.94. The van der Waals surface area contributed by atoms with Gasteiger partial charge in [0, 0.05) is 22.2 Å². The van der Waals surface area contributed by atoms with Gasteiger partial charge in [0.25, 0.3) is 0 Å². The van der Waals surface area contributed by atoms with Crippen LogP contribution in [0.1, 0.15) is 56.1 Å². The van der Waals surface area contributed by atoms with Crippen LogP contribution in [-0.2, 0) is 27.6 Å². The van der Waals surface area contributed by atoms with Crippen molar-refractivity contribution in [2.45, 2.75) is 55.5 Å². The molecule has 0 radical (unpaired) electrons. The fourth-order valence-electron chi connectivity index (χ4n) is 11.2. The second-order valence-corrected chi connectivity index (χ2v) is 16.6. The predicted molar refractivity (Wildman–Crippen MR) is 202 cm³/mol. The fourth-order valence-corrected chi connectivity index (χ4v) is 12.9. The first-order valence-electron chi connectivity index (χ1n) is 18.2. The smallest absolute Gasteiger partial charge is 0.000685 e. The molecule has 5 heteroatoms. The molecule has 4 unspecified atom stereocenters. The molecule has 4 aromatic carbocycles. The summed E-state index contributed by atoms with van der Waals surface area (Å²) in [6.07, 6.45) is 11.0. The van der Waals surface area contributed by atoms with Crippen molar-refractivity contribution in [2.75, 3.05) is 32.3 Å². The second kappa shape index (κ2) is 14.4. The molecule has 254 valence electrons. The molecule has 4 atom stereocenters. The summed E-state index contributed by atoms with van der Waals surface area (Å²) in [5, 5.41) is 7.65. The van der Waals surface area contributed by atoms with Gasteiger partial charge >= 0.3 is 0 Å². The van der Waals surface area contributed by atoms with Gasteiger partial charge in [0.2, 0.25) is 0 Å². The number of nitrogens with one attached hydrogen (secondary N) is 2. The second-order valence-electron chi connectivity index (χ2n) is 15.3. The standard InChI is InChI=1S/C37H47N2P2.C5H5.Fe/c40-23-36(30-16-24-15-25(18-30)19-31(36)17-24)35-33(37(41,28-11-13-38-21-28)29-12-14-39-22-29)20-32(26-7-3-1-4-8-26)34(35)27-9-5-2-6-10-27;1-2-4-5-3-1;/h1-10,20,24-25,28-31,38-39H,11-19,21-23,40-41H2;1-5H;/q-1;-5;. The quantitative estimate of drug-likeness (QED) is 0.114. The van der Waals surface area contributed by atoms with E-state index in [0.29, 0.717) is 11.8 Å². The monoisotopic (exact) mass is 702 g/mol. The molecule has 10 rings (SSSR count). The Kier molecular flexibility index (Phi) is 10.4. The van der Waals surface area contributed by atoms with Gasteiger partial charge in [-0.1, -0.05) is 71.8 Å². The third kappa shape index (κ3) is 5.90. The topological polar surface area (TPSA) is 24.1 Å². The first-order valence-corrected chi connectivity index (χ1v) is 19.5. The van der Waals surface area contributed by atoms with Crippen molar-refractivity contribution in [1.82, 2.24) is 10.6 Å². The van der Waals surface area contributed by atoms with Crippen LogP contribution in [0.15, 0.2) is 97.1 Å². The average molecular weight is 703 g/mol. The summed E-state index contributed by atoms with van der Waals surface area (Å²) in [4.78, 5) is 0. The van der Waals surface area contributed by atoms with Crippen LogP contribution in [-0.4, -0.2) is 32.3 Å². The summed E-state index contributed by atoms with van der Waals surface area (Å²) >= 11 is 0. The average Bonchev–Trinajstić information content (AvgIpc) is 3.94. The molecule has 4 aromatic rings. The minimum absolute atomic E-state index is 0. The largest absolute Gasteiger partial charge is 0.748 e. The fraction of sp³-hybridized carbons (Fsp3) is 0.476. The molecule has 4 saturated carbocycles. The van der Waals surface area contributed by atoms with Gasteiger partial charge in [-0.05, 0) is 118 Å². The molecule has 0 spiro atoms. The molecule has 0 amide bonds. The third-order valence-corrected chi connectivity index (χ3v) is 15.0. The third-order valence-electron chi connectivity index (χ3n) is 13.1. The van der Waals surface area contributed by atoms with Crippen LogP contribution in [0, 0.1) is 35.5 Å². The van der Waals surface area contributed by atoms with Crippen molar-refractivity contribution >= 4 is 18.5 Å². The maximum atomic E-state index is 3.79. The van der Waals surface area contributed by atoms with Gasteiger partial charge in [-0.15, -0.1) is 40.7 Å². The van der Waals surface area contributed by atoms with E-state index >= 15 is 0 Å². The Labute approximate surface area is 298 Å². The van der Waals surface area contributed by atoms with Crippen LogP contribution in [0.3, 0.4) is 0 Å². The molecular formula is C42H52FeN2P2-6. The van der Waals surface area contributed by atoms with Crippen LogP contribution in [0.25, 0.3) is 22.3 Å². The van der Waals surface area contributed by atoms with Gasteiger partial charge in [0.1, 0.15) is 0 Å². The van der Waals surface area contributed by atoms with E-state index in [2.05, 4.69) is 95.8 Å². The van der Waals surface area contributed by atoms with Gasteiger partial charge in [-0.25, -0.2) is 0 Å². The Bertz CT molecular complexity index is 1510. The minimum Gasteiger partial charge on any atom is -0.748 e. The summed E-state index contributed by atoms with van der Waals surface area (Å²) in [5.74, 6) is 4.83. The van der Waals surface area contributed by atoms with E-state index in [-0.39, 0.29) is 27.6 Å². The van der Waals surface area contributed by atoms with Gasteiger partial charge in [-0.2, -0.15) is 6.07 Å². The van der Waals surface area contributed by atoms with E-state index in [9.17, 15) is 0 Å². The molecule has 6 aliphatic rings. The zero-order valence-corrected chi connectivity index (χ0v) is 31.1. The molecule has 2 saturated heterocycles. The zero-order chi connectivity index (χ0) is 31.1. The summed E-state index contributed by atoms with van der Waals surface area (Å²) in [6.45, 7) is 4.57. The van der Waals surface area contributed by atoms with Crippen LogP contribution in [0.2, 0.25) is 0 Å². The first kappa shape index (κ1) is 33.9. The van der Waals surface area contributed by atoms with Crippen LogP contribution in [0.4, 0.5) is 0 Å². The summed E-state index contributed by atoms with van der Waals surface area (Å²) in [6, 6.07) is 35.6. The van der Waals surface area contributed by atoms with E-state index in [1.54, 1.807) is 16.7 Å². The van der Waals surface area contributed by atoms with Gasteiger partial charge in [-0.3, -0.25) is 0 Å². The maximum absolute atomic E-state index is 3.79. The van der Waals surface area contributed by atoms with E-state index in [4.69, 9.17) is 0 Å². The van der Waals surface area contributed by atoms with Gasteiger partial charge in [0.05, 0.1) is 0 Å². The van der Waals surface area contributed by atoms with E-state index in [1.807, 2.05) is 30.3 Å². The van der Waals surface area contributed by atoms with Crippen molar-refractivity contribution in [1.29, 1.82) is 0 Å². The predicted octanol–water partition coefficient (Wildman–Crippen LogP) is 9.00. The Balaban J connectivity index is 0.000000538. The van der Waals surface area contributed by atoms with Crippen LogP contribution in [0.5, 0.6) is 0 Å². The van der Waals surface area contributed by atoms with Crippen molar-refractivity contribution < 1.29 is 17.1 Å². The van der Waals surface area contributed by atoms with E-state index in [0.717, 1.165) is 49.9 Å². The van der Waals surface area contributed by atoms with Gasteiger partial charge in [0.15, 0.2) is 0 Å². The zero-order valence-electron chi connectivity index (χ0n) is 27.7. The maximum Gasteiger partial charge on any atom is 0.000685 e. The number of rotatable bonds is 7. The molecule has 2 aliphatic heterocycles. The SMILES string of the molecule is PCC1([c-]2c(C(P)(C3CCNC3)C3CCNC3)cc(-c3ccccc3)c2-c2ccccc2)C2CC3CC(C2)CC1C3.[Fe].[cH-]1[cH-][cH-][cH-][cH-]1. The van der Waals surface area contributed by atoms with E-state index in [1.165, 1.54) is 67.8 Å². The molecule has 4 aliphatic carbocycles. The Hall–Kier alpha value is -1.56. The molecule has 2 heterocycles. The molecule has 4 bridgehead atoms. The van der Waals surface area contributed by atoms with Gasteiger partial charge < -0.3 is 41.0 Å². The van der Waals surface area contributed by atoms with Crippen molar-refractivity contribution in [3.8, 4) is 22.3 Å². The Morgan fingerprint density at radius 2 is 1.21 bits per heavy atom. The van der Waals surface area contributed by atoms with Crippen molar-refractivity contribution in [2.24, 2.45) is 35.5 Å². The molecule has 6 fully saturated rings. The minimum atomic E-state index is 0.